The monoisotopic (exact) mass is 352 g/mol. The Balaban J connectivity index is 1.97. The van der Waals surface area contributed by atoms with Gasteiger partial charge in [-0.05, 0) is 44.9 Å². The van der Waals surface area contributed by atoms with Crippen LogP contribution in [0, 0.1) is 0 Å². The van der Waals surface area contributed by atoms with E-state index < -0.39 is 39.4 Å². The minimum Gasteiger partial charge on any atom is -0.480 e. The third-order valence-corrected chi connectivity index (χ3v) is 6.19. The Morgan fingerprint density at radius 1 is 1.29 bits per heavy atom. The van der Waals surface area contributed by atoms with Gasteiger partial charge in [-0.15, -0.1) is 0 Å². The average Bonchev–Trinajstić information content (AvgIpc) is 3.22. The Kier molecular flexibility index (Phi) is 3.45. The number of amides is 2. The topological polar surface area (TPSA) is 121 Å². The van der Waals surface area contributed by atoms with Gasteiger partial charge in [-0.2, -0.15) is 0 Å². The molecule has 1 saturated carbocycles. The lowest BCUT2D eigenvalue weighted by atomic mass is 10.1. The molecule has 0 bridgehead atoms. The average molecular weight is 352 g/mol. The zero-order valence-electron chi connectivity index (χ0n) is 13.1. The molecule has 1 aromatic carbocycles. The summed E-state index contributed by atoms with van der Waals surface area (Å²) in [6, 6.07) is 3.18. The first-order valence-corrected chi connectivity index (χ1v) is 8.83. The molecule has 1 aliphatic carbocycles. The van der Waals surface area contributed by atoms with Crippen LogP contribution in [-0.4, -0.2) is 47.2 Å². The molecule has 24 heavy (non-hydrogen) atoms. The van der Waals surface area contributed by atoms with Crippen molar-refractivity contribution in [3.8, 4) is 0 Å². The van der Waals surface area contributed by atoms with E-state index in [1.807, 2.05) is 0 Å². The number of carboxylic acids is 1. The summed E-state index contributed by atoms with van der Waals surface area (Å²) in [5, 5.41) is 11.5. The van der Waals surface area contributed by atoms with Crippen molar-refractivity contribution in [3.63, 3.8) is 0 Å². The zero-order valence-corrected chi connectivity index (χ0v) is 13.9. The quantitative estimate of drug-likeness (QED) is 0.818. The van der Waals surface area contributed by atoms with E-state index >= 15 is 0 Å². The lowest BCUT2D eigenvalue weighted by Crippen LogP contribution is -2.43. The molecule has 2 N–H and O–H groups in total. The van der Waals surface area contributed by atoms with Crippen LogP contribution in [0.1, 0.15) is 47.4 Å². The van der Waals surface area contributed by atoms with E-state index in [0.29, 0.717) is 12.8 Å². The fourth-order valence-electron chi connectivity index (χ4n) is 2.71. The molecule has 0 radical (unpaired) electrons. The van der Waals surface area contributed by atoms with Gasteiger partial charge in [-0.25, -0.2) is 17.5 Å². The SMILES string of the molecule is CC(C)N1C(=O)c2ccc(C(=O)NC3(C(=O)O)CC3)cc2S1(=O)=O. The Bertz CT molecular complexity index is 870. The van der Waals surface area contributed by atoms with Gasteiger partial charge in [0.2, 0.25) is 0 Å². The highest BCUT2D eigenvalue weighted by molar-refractivity contribution is 7.90. The maximum absolute atomic E-state index is 12.5. The molecule has 1 heterocycles. The van der Waals surface area contributed by atoms with Crippen molar-refractivity contribution in [1.82, 2.24) is 9.62 Å². The van der Waals surface area contributed by atoms with Gasteiger partial charge in [0, 0.05) is 11.6 Å². The molecule has 0 saturated heterocycles. The number of carbonyl (C=O) groups excluding carboxylic acids is 2. The smallest absolute Gasteiger partial charge is 0.329 e. The Labute approximate surface area is 138 Å². The normalized spacial score (nSPS) is 20.0. The number of benzene rings is 1. The minimum atomic E-state index is -4.01. The predicted molar refractivity (Wildman–Crippen MR) is 82.0 cm³/mol. The van der Waals surface area contributed by atoms with Crippen molar-refractivity contribution in [3.05, 3.63) is 29.3 Å². The maximum atomic E-state index is 12.5. The molecule has 2 amide bonds. The fraction of sp³-hybridized carbons (Fsp3) is 0.400. The lowest BCUT2D eigenvalue weighted by molar-refractivity contribution is -0.140. The molecule has 1 fully saturated rings. The van der Waals surface area contributed by atoms with Gasteiger partial charge in [0.05, 0.1) is 5.56 Å². The van der Waals surface area contributed by atoms with Gasteiger partial charge in [0.15, 0.2) is 0 Å². The van der Waals surface area contributed by atoms with Crippen molar-refractivity contribution >= 4 is 27.8 Å². The van der Waals surface area contributed by atoms with Gasteiger partial charge in [-0.1, -0.05) is 0 Å². The third-order valence-electron chi connectivity index (χ3n) is 4.19. The number of sulfonamides is 1. The van der Waals surface area contributed by atoms with Crippen LogP contribution in [0.5, 0.6) is 0 Å². The first-order valence-electron chi connectivity index (χ1n) is 7.39. The van der Waals surface area contributed by atoms with E-state index in [1.165, 1.54) is 12.1 Å². The number of nitrogens with zero attached hydrogens (tertiary/aromatic N) is 1. The highest BCUT2D eigenvalue weighted by Gasteiger charge is 2.52. The molecule has 8 nitrogen and oxygen atoms in total. The van der Waals surface area contributed by atoms with Crippen LogP contribution in [0.4, 0.5) is 0 Å². The summed E-state index contributed by atoms with van der Waals surface area (Å²) in [6.07, 6.45) is 0.661. The molecule has 0 spiro atoms. The molecule has 0 atom stereocenters. The summed E-state index contributed by atoms with van der Waals surface area (Å²) < 4.78 is 25.8. The number of hydrogen-bond donors (Lipinski definition) is 2. The van der Waals surface area contributed by atoms with Crippen molar-refractivity contribution in [2.75, 3.05) is 0 Å². The van der Waals surface area contributed by atoms with E-state index in [4.69, 9.17) is 5.11 Å². The number of aliphatic carboxylic acids is 1. The molecular weight excluding hydrogens is 336 g/mol. The van der Waals surface area contributed by atoms with E-state index in [2.05, 4.69) is 5.32 Å². The number of nitrogens with one attached hydrogen (secondary N) is 1. The standard InChI is InChI=1S/C15H16N2O6S/c1-8(2)17-13(19)10-4-3-9(7-11(10)24(17,22)23)12(18)16-15(5-6-15)14(20)21/h3-4,7-8H,5-6H2,1-2H3,(H,16,18)(H,20,21). The molecular formula is C15H16N2O6S. The summed E-state index contributed by atoms with van der Waals surface area (Å²) in [6.45, 7) is 3.16. The maximum Gasteiger partial charge on any atom is 0.329 e. The highest BCUT2D eigenvalue weighted by atomic mass is 32.2. The first kappa shape index (κ1) is 16.4. The predicted octanol–water partition coefficient (Wildman–Crippen LogP) is 0.586. The fourth-order valence-corrected chi connectivity index (χ4v) is 4.50. The number of hydrogen-bond acceptors (Lipinski definition) is 5. The van der Waals surface area contributed by atoms with Gasteiger partial charge in [-0.3, -0.25) is 9.59 Å². The second kappa shape index (κ2) is 5.04. The Morgan fingerprint density at radius 3 is 2.42 bits per heavy atom. The van der Waals surface area contributed by atoms with Crippen LogP contribution in [0.2, 0.25) is 0 Å². The van der Waals surface area contributed by atoms with E-state index in [1.54, 1.807) is 13.8 Å². The van der Waals surface area contributed by atoms with Crippen LogP contribution in [-0.2, 0) is 14.8 Å². The summed E-state index contributed by atoms with van der Waals surface area (Å²) in [4.78, 5) is 35.4. The van der Waals surface area contributed by atoms with Gasteiger partial charge in [0.25, 0.3) is 21.8 Å². The molecule has 2 aliphatic rings. The lowest BCUT2D eigenvalue weighted by Gasteiger charge is -2.18. The highest BCUT2D eigenvalue weighted by Crippen LogP contribution is 2.36. The van der Waals surface area contributed by atoms with E-state index in [0.717, 1.165) is 10.4 Å². The summed E-state index contributed by atoms with van der Waals surface area (Å²) >= 11 is 0. The van der Waals surface area contributed by atoms with Crippen LogP contribution >= 0.6 is 0 Å². The Hall–Kier alpha value is -2.42. The molecule has 9 heteroatoms. The molecule has 128 valence electrons. The number of carbonyl (C=O) groups is 3. The van der Waals surface area contributed by atoms with E-state index in [-0.39, 0.29) is 16.0 Å². The van der Waals surface area contributed by atoms with Crippen LogP contribution < -0.4 is 5.32 Å². The number of fused-ring (bicyclic) bond motifs is 1. The molecule has 3 rings (SSSR count). The number of carboxylic acid groups (broad SMARTS) is 1. The van der Waals surface area contributed by atoms with Crippen molar-refractivity contribution < 1.29 is 27.9 Å². The van der Waals surface area contributed by atoms with Gasteiger partial charge in [0.1, 0.15) is 10.4 Å². The first-order chi connectivity index (χ1) is 11.1. The van der Waals surface area contributed by atoms with Crippen molar-refractivity contribution in [1.29, 1.82) is 0 Å². The summed E-state index contributed by atoms with van der Waals surface area (Å²) in [7, 11) is -4.01. The summed E-state index contributed by atoms with van der Waals surface area (Å²) in [5.74, 6) is -2.43. The van der Waals surface area contributed by atoms with Crippen molar-refractivity contribution in [2.45, 2.75) is 43.2 Å². The van der Waals surface area contributed by atoms with Gasteiger partial charge < -0.3 is 10.4 Å². The molecule has 1 aliphatic heterocycles. The van der Waals surface area contributed by atoms with Crippen molar-refractivity contribution in [2.24, 2.45) is 0 Å². The van der Waals surface area contributed by atoms with Crippen LogP contribution in [0.25, 0.3) is 0 Å². The largest absolute Gasteiger partial charge is 0.480 e. The number of rotatable bonds is 4. The van der Waals surface area contributed by atoms with Crippen LogP contribution in [0.3, 0.4) is 0 Å². The van der Waals surface area contributed by atoms with E-state index in [9.17, 15) is 22.8 Å². The summed E-state index contributed by atoms with van der Waals surface area (Å²) in [5.41, 5.74) is -1.25. The zero-order chi connectivity index (χ0) is 17.9. The minimum absolute atomic E-state index is 0.00301. The molecule has 0 aromatic heterocycles. The second-order valence-corrected chi connectivity index (χ2v) is 8.04. The van der Waals surface area contributed by atoms with Gasteiger partial charge >= 0.3 is 5.97 Å². The molecule has 1 aromatic rings. The van der Waals surface area contributed by atoms with Crippen LogP contribution in [0.15, 0.2) is 23.1 Å². The second-order valence-electron chi connectivity index (χ2n) is 6.25. The molecule has 0 unspecified atom stereocenters. The third kappa shape index (κ3) is 2.27. The Morgan fingerprint density at radius 2 is 1.92 bits per heavy atom.